The van der Waals surface area contributed by atoms with Gasteiger partial charge in [0.1, 0.15) is 25.2 Å². The minimum Gasteiger partial charge on any atom is -0.467 e. The molecule has 0 saturated carbocycles. The average Bonchev–Trinajstić information content (AvgIpc) is 3.28. The molecular weight excluding hydrogens is 1210 g/mol. The number of halogens is 4. The number of carbonyl (C=O) groups excluding carboxylic acids is 5. The van der Waals surface area contributed by atoms with E-state index in [0.29, 0.717) is 5.56 Å². The first kappa shape index (κ1) is 59.7. The average molecular weight is 1250 g/mol. The Labute approximate surface area is 411 Å². The fraction of sp³-hybridized carbons (Fsp3) is 0.205. The number of ether oxygens (including phenoxy) is 4. The van der Waals surface area contributed by atoms with Crippen molar-refractivity contribution in [1.82, 2.24) is 10.6 Å². The van der Waals surface area contributed by atoms with Crippen LogP contribution in [-0.2, 0) is 55.4 Å². The van der Waals surface area contributed by atoms with Gasteiger partial charge in [-0.1, -0.05) is 117 Å². The Morgan fingerprint density at radius 2 is 1.18 bits per heavy atom. The molecular formula is C39H42B2Br2Cl2N2O12PU. The summed E-state index contributed by atoms with van der Waals surface area (Å²) in [6, 6.07) is 32.7. The number of carbonyl (C=O) groups is 5. The molecule has 61 heavy (non-hydrogen) atoms. The van der Waals surface area contributed by atoms with Crippen LogP contribution in [0.4, 0.5) is 9.59 Å². The van der Waals surface area contributed by atoms with Crippen molar-refractivity contribution in [2.45, 2.75) is 19.0 Å². The Bertz CT molecular complexity index is 1980. The number of rotatable bonds is 13. The molecule has 0 saturated heterocycles. The van der Waals surface area contributed by atoms with Crippen LogP contribution in [0.25, 0.3) is 6.08 Å². The molecule has 323 valence electrons. The van der Waals surface area contributed by atoms with Crippen molar-refractivity contribution in [1.29, 1.82) is 1.34 Å². The van der Waals surface area contributed by atoms with Crippen molar-refractivity contribution in [3.8, 4) is 0 Å². The number of amides is 2. The van der Waals surface area contributed by atoms with Gasteiger partial charge in [-0.3, -0.25) is 20.0 Å². The zero-order valence-electron chi connectivity index (χ0n) is 34.3. The molecule has 22 heteroatoms. The van der Waals surface area contributed by atoms with Crippen LogP contribution in [0.5, 0.6) is 0 Å². The van der Waals surface area contributed by atoms with Crippen molar-refractivity contribution < 1.29 is 87.6 Å². The molecule has 0 bridgehead atoms. The fourth-order valence-electron chi connectivity index (χ4n) is 4.01. The third kappa shape index (κ3) is 26.0. The number of aldehydes is 1. The Morgan fingerprint density at radius 3 is 1.57 bits per heavy atom. The van der Waals surface area contributed by atoms with Crippen molar-refractivity contribution in [2.75, 3.05) is 33.8 Å². The summed E-state index contributed by atoms with van der Waals surface area (Å²) in [6.07, 6.45) is 0.657. The van der Waals surface area contributed by atoms with E-state index in [1.165, 1.54) is 13.2 Å². The Morgan fingerprint density at radius 1 is 0.738 bits per heavy atom. The number of hydrogen-bond acceptors (Lipinski definition) is 12. The van der Waals surface area contributed by atoms with Gasteiger partial charge >= 0.3 is 31.7 Å². The normalized spacial score (nSPS) is 10.4. The molecule has 0 aliphatic heterocycles. The van der Waals surface area contributed by atoms with Gasteiger partial charge < -0.3 is 28.0 Å². The summed E-state index contributed by atoms with van der Waals surface area (Å²) in [5, 5.41) is 4.74. The number of methoxy groups -OCH3 is 2. The van der Waals surface area contributed by atoms with Gasteiger partial charge in [-0.25, -0.2) is 19.2 Å². The van der Waals surface area contributed by atoms with Crippen LogP contribution in [0.1, 0.15) is 27.0 Å². The first-order valence-corrected chi connectivity index (χ1v) is 20.7. The molecule has 4 rings (SSSR count). The number of esters is 2. The van der Waals surface area contributed by atoms with E-state index in [4.69, 9.17) is 43.1 Å². The molecule has 0 spiro atoms. The molecule has 4 aromatic rings. The second-order valence-corrected chi connectivity index (χ2v) is 15.6. The molecule has 2 amide bonds. The smallest absolute Gasteiger partial charge is 0.412 e. The number of benzene rings is 4. The van der Waals surface area contributed by atoms with Gasteiger partial charge in [0, 0.05) is 76.6 Å². The topological polar surface area (TPSA) is 182 Å². The summed E-state index contributed by atoms with van der Waals surface area (Å²) < 4.78 is 47.9. The van der Waals surface area contributed by atoms with Crippen LogP contribution in [0.3, 0.4) is 0 Å². The van der Waals surface area contributed by atoms with E-state index in [2.05, 4.69) is 60.3 Å². The van der Waals surface area contributed by atoms with E-state index in [1.54, 1.807) is 48.5 Å². The number of hydrogen-bond donors (Lipinski definition) is 2. The zero-order chi connectivity index (χ0) is 45.3. The zero-order valence-corrected chi connectivity index (χ0v) is 43.0. The summed E-state index contributed by atoms with van der Waals surface area (Å²) in [5.41, 5.74) is 3.03. The molecule has 1 unspecified atom stereocenters. The maximum Gasteiger partial charge on any atom is 0.412 e. The summed E-state index contributed by atoms with van der Waals surface area (Å²) in [7, 11) is 4.37. The van der Waals surface area contributed by atoms with E-state index in [1.807, 2.05) is 60.7 Å². The quantitative estimate of drug-likeness (QED) is 0.0248. The van der Waals surface area contributed by atoms with Gasteiger partial charge in [-0.05, 0) is 48.4 Å². The van der Waals surface area contributed by atoms with Crippen molar-refractivity contribution in [2.24, 2.45) is 0 Å². The van der Waals surface area contributed by atoms with Crippen LogP contribution in [0, 0.1) is 31.1 Å². The van der Waals surface area contributed by atoms with Crippen LogP contribution in [-0.4, -0.2) is 88.1 Å². The van der Waals surface area contributed by atoms with Crippen LogP contribution in [0.2, 0.25) is 0 Å². The molecule has 0 aliphatic rings. The molecule has 0 aromatic heterocycles. The molecule has 14 nitrogen and oxygen atoms in total. The summed E-state index contributed by atoms with van der Waals surface area (Å²) in [5.74, 6) is -3.24. The van der Waals surface area contributed by atoms with E-state index in [-0.39, 0.29) is 63.8 Å². The SMILES string of the molecule is COC(=O)/C(=C/c1cccc(Br)c1)NC(=O)OCc1ccccc1.COC(=O)C(NC(=O)OCc1ccccc1)P(=O)(OC)OC.ClCCl.O=Cc1cccc(Br)c1.[2H][B].[B].[U]. The van der Waals surface area contributed by atoms with Gasteiger partial charge in [-0.15, -0.1) is 23.2 Å². The van der Waals surface area contributed by atoms with Gasteiger partial charge in [0.05, 0.1) is 19.6 Å². The van der Waals surface area contributed by atoms with Gasteiger partial charge in [-0.2, -0.15) is 0 Å². The van der Waals surface area contributed by atoms with Crippen molar-refractivity contribution in [3.05, 3.63) is 146 Å². The monoisotopic (exact) mass is 1250 g/mol. The predicted molar refractivity (Wildman–Crippen MR) is 240 cm³/mol. The molecule has 2 N–H and O–H groups in total. The van der Waals surface area contributed by atoms with E-state index < -0.39 is 37.5 Å². The maximum absolute atomic E-state index is 12.2. The van der Waals surface area contributed by atoms with Crippen molar-refractivity contribution in [3.63, 3.8) is 0 Å². The second kappa shape index (κ2) is 36.2. The predicted octanol–water partition coefficient (Wildman–Crippen LogP) is 8.44. The fourth-order valence-corrected chi connectivity index (χ4v) is 6.04. The first-order valence-electron chi connectivity index (χ1n) is 17.0. The largest absolute Gasteiger partial charge is 0.467 e. The Balaban J connectivity index is -0.000000843. The third-order valence-electron chi connectivity index (χ3n) is 6.72. The van der Waals surface area contributed by atoms with Gasteiger partial charge in [0.25, 0.3) is 0 Å². The van der Waals surface area contributed by atoms with Crippen LogP contribution >= 0.6 is 62.7 Å². The third-order valence-corrected chi connectivity index (χ3v) is 9.69. The van der Waals surface area contributed by atoms with Gasteiger partial charge in [0.15, 0.2) is 0 Å². The molecule has 0 aliphatic carbocycles. The minimum atomic E-state index is -3.90. The number of alkyl carbamates (subject to hydrolysis) is 2. The second-order valence-electron chi connectivity index (χ2n) is 10.6. The standard InChI is InChI=1S/C18H16BrNO4.C13H18NO7P.C7H5BrO.CH2Cl2.BH.B.U/c1-23-17(21)16(11-14-8-5-9-15(19)10-14)20-18(22)24-12-13-6-3-2-4-7-13;1-18-12(15)11(22(17,19-2)20-3)14-13(16)21-9-10-7-5-4-6-8-10;8-7-3-1-2-6(4-7)5-9;2-1-3;;;/h2-11H,12H2,1H3,(H,20,22);4-8,11H,9H2,1-3H3,(H,14,16);1-5H;1H2;1H;;/b16-11-;;;;;;/i;;;;1D;;. The number of nitrogens with one attached hydrogen (secondary N) is 2. The summed E-state index contributed by atoms with van der Waals surface area (Å²) in [4.78, 5) is 57.3. The summed E-state index contributed by atoms with van der Waals surface area (Å²) >= 11 is 16.1. The van der Waals surface area contributed by atoms with Crippen molar-refractivity contribution >= 4 is 116 Å². The number of alkyl halides is 2. The molecule has 1 atom stereocenters. The summed E-state index contributed by atoms with van der Waals surface area (Å²) in [6.45, 7) is 0.100. The van der Waals surface area contributed by atoms with E-state index in [0.717, 1.165) is 53.3 Å². The molecule has 5 radical (unpaired) electrons. The first-order chi connectivity index (χ1) is 28.8. The van der Waals surface area contributed by atoms with Crippen LogP contribution in [0.15, 0.2) is 124 Å². The van der Waals surface area contributed by atoms with Crippen LogP contribution < -0.4 is 10.6 Å². The maximum atomic E-state index is 12.2. The minimum absolute atomic E-state index is 0. The molecule has 4 aromatic carbocycles. The Kier molecular flexibility index (Phi) is 35.4. The Hall–Kier alpha value is -3.36. The molecule has 0 heterocycles. The van der Waals surface area contributed by atoms with E-state index >= 15 is 0 Å². The van der Waals surface area contributed by atoms with Gasteiger partial charge in [0.2, 0.25) is 5.78 Å². The molecule has 0 fully saturated rings. The van der Waals surface area contributed by atoms with E-state index in [9.17, 15) is 28.5 Å².